The van der Waals surface area contributed by atoms with E-state index in [0.29, 0.717) is 4.47 Å². The molecule has 112 valence electrons. The molecule has 0 fully saturated rings. The van der Waals surface area contributed by atoms with Crippen LogP contribution in [0, 0.1) is 24.0 Å². The first-order chi connectivity index (χ1) is 9.81. The second-order valence-corrected chi connectivity index (χ2v) is 5.85. The average molecular weight is 353 g/mol. The van der Waals surface area contributed by atoms with E-state index in [9.17, 15) is 10.1 Å². The molecule has 1 heterocycles. The predicted octanol–water partition coefficient (Wildman–Crippen LogP) is 3.88. The quantitative estimate of drug-likeness (QED) is 0.669. The number of aromatic nitrogens is 2. The summed E-state index contributed by atoms with van der Waals surface area (Å²) in [5.74, 6) is 0. The topological polar surface area (TPSA) is 73.0 Å². The second kappa shape index (κ2) is 5.85. The number of aryl methyl sites for hydroxylation is 2. The maximum atomic E-state index is 10.8. The number of nitrogens with one attached hydrogen (secondary N) is 1. The Balaban J connectivity index is 2.27. The molecule has 2 rings (SSSR count). The van der Waals surface area contributed by atoms with Crippen LogP contribution in [0.25, 0.3) is 0 Å². The van der Waals surface area contributed by atoms with Gasteiger partial charge in [-0.15, -0.1) is 0 Å². The molecule has 1 aromatic heterocycles. The van der Waals surface area contributed by atoms with Crippen LogP contribution in [0.15, 0.2) is 22.7 Å². The van der Waals surface area contributed by atoms with E-state index in [1.807, 2.05) is 32.5 Å². The summed E-state index contributed by atoms with van der Waals surface area (Å²) in [5.41, 5.74) is 4.10. The van der Waals surface area contributed by atoms with Crippen molar-refractivity contribution in [1.82, 2.24) is 9.78 Å². The molecule has 0 aliphatic heterocycles. The Morgan fingerprint density at radius 2 is 2.10 bits per heavy atom. The number of benzene rings is 1. The summed E-state index contributed by atoms with van der Waals surface area (Å²) in [6.07, 6.45) is 0. The number of non-ortho nitro benzene ring substituents is 1. The Bertz CT molecular complexity index is 697. The molecule has 1 atom stereocenters. The van der Waals surface area contributed by atoms with Gasteiger partial charge in [0.15, 0.2) is 0 Å². The first kappa shape index (κ1) is 15.5. The Hall–Kier alpha value is -1.89. The van der Waals surface area contributed by atoms with E-state index in [2.05, 4.69) is 26.3 Å². The summed E-state index contributed by atoms with van der Waals surface area (Å²) < 4.78 is 2.52. The van der Waals surface area contributed by atoms with Crippen molar-refractivity contribution in [2.45, 2.75) is 26.8 Å². The number of anilines is 1. The molecule has 7 heteroatoms. The van der Waals surface area contributed by atoms with Crippen LogP contribution >= 0.6 is 15.9 Å². The van der Waals surface area contributed by atoms with E-state index in [1.54, 1.807) is 6.07 Å². The summed E-state index contributed by atoms with van der Waals surface area (Å²) >= 11 is 3.37. The van der Waals surface area contributed by atoms with Gasteiger partial charge in [-0.1, -0.05) is 0 Å². The van der Waals surface area contributed by atoms with E-state index in [1.165, 1.54) is 12.1 Å². The zero-order valence-electron chi connectivity index (χ0n) is 12.3. The van der Waals surface area contributed by atoms with Crippen LogP contribution in [-0.4, -0.2) is 14.7 Å². The third-order valence-corrected chi connectivity index (χ3v) is 4.19. The molecule has 0 bridgehead atoms. The second-order valence-electron chi connectivity index (χ2n) is 5.00. The van der Waals surface area contributed by atoms with Gasteiger partial charge in [0, 0.05) is 40.6 Å². The summed E-state index contributed by atoms with van der Waals surface area (Å²) in [6.45, 7) is 6.05. The van der Waals surface area contributed by atoms with Crippen molar-refractivity contribution in [3.05, 3.63) is 49.7 Å². The fraction of sp³-hybridized carbons (Fsp3) is 0.357. The number of rotatable bonds is 4. The molecule has 6 nitrogen and oxygen atoms in total. The molecule has 0 spiro atoms. The van der Waals surface area contributed by atoms with Gasteiger partial charge in [0.1, 0.15) is 0 Å². The molecule has 0 saturated carbocycles. The van der Waals surface area contributed by atoms with Gasteiger partial charge in [-0.25, -0.2) is 0 Å². The van der Waals surface area contributed by atoms with Gasteiger partial charge < -0.3 is 5.32 Å². The van der Waals surface area contributed by atoms with Crippen molar-refractivity contribution >= 4 is 27.3 Å². The van der Waals surface area contributed by atoms with Gasteiger partial charge >= 0.3 is 0 Å². The molecule has 0 aliphatic rings. The number of nitro groups is 1. The van der Waals surface area contributed by atoms with Crippen LogP contribution < -0.4 is 5.32 Å². The Labute approximate surface area is 131 Å². The minimum atomic E-state index is -0.409. The van der Waals surface area contributed by atoms with Crippen LogP contribution in [0.5, 0.6) is 0 Å². The lowest BCUT2D eigenvalue weighted by molar-refractivity contribution is -0.384. The van der Waals surface area contributed by atoms with Crippen LogP contribution in [0.3, 0.4) is 0 Å². The third-order valence-electron chi connectivity index (χ3n) is 3.53. The highest BCUT2D eigenvalue weighted by Crippen LogP contribution is 2.31. The average Bonchev–Trinajstić information content (AvgIpc) is 2.65. The highest BCUT2D eigenvalue weighted by atomic mass is 79.9. The minimum Gasteiger partial charge on any atom is -0.377 e. The van der Waals surface area contributed by atoms with E-state index in [4.69, 9.17) is 0 Å². The van der Waals surface area contributed by atoms with E-state index < -0.39 is 4.92 Å². The van der Waals surface area contributed by atoms with Gasteiger partial charge in [0.05, 0.1) is 16.7 Å². The predicted molar refractivity (Wildman–Crippen MR) is 85.5 cm³/mol. The molecule has 1 N–H and O–H groups in total. The Morgan fingerprint density at radius 1 is 1.43 bits per heavy atom. The van der Waals surface area contributed by atoms with Gasteiger partial charge in [0.25, 0.3) is 5.69 Å². The third kappa shape index (κ3) is 3.07. The van der Waals surface area contributed by atoms with Crippen molar-refractivity contribution in [1.29, 1.82) is 0 Å². The number of halogens is 1. The maximum Gasteiger partial charge on any atom is 0.270 e. The molecule has 1 unspecified atom stereocenters. The Kier molecular flexibility index (Phi) is 4.32. The van der Waals surface area contributed by atoms with Gasteiger partial charge in [0.2, 0.25) is 0 Å². The van der Waals surface area contributed by atoms with Crippen LogP contribution in [0.1, 0.15) is 29.9 Å². The van der Waals surface area contributed by atoms with Crippen LogP contribution in [0.4, 0.5) is 11.4 Å². The van der Waals surface area contributed by atoms with Crippen LogP contribution in [0.2, 0.25) is 0 Å². The minimum absolute atomic E-state index is 0.0523. The number of hydrogen-bond donors (Lipinski definition) is 1. The van der Waals surface area contributed by atoms with E-state index in [-0.39, 0.29) is 11.7 Å². The smallest absolute Gasteiger partial charge is 0.270 e. The lowest BCUT2D eigenvalue weighted by atomic mass is 10.1. The lowest BCUT2D eigenvalue weighted by Crippen LogP contribution is -2.09. The molecule has 2 aromatic rings. The summed E-state index contributed by atoms with van der Waals surface area (Å²) in [6, 6.07) is 4.75. The number of hydrogen-bond acceptors (Lipinski definition) is 4. The van der Waals surface area contributed by atoms with Crippen LogP contribution in [-0.2, 0) is 7.05 Å². The molecular weight excluding hydrogens is 336 g/mol. The van der Waals surface area contributed by atoms with Crippen molar-refractivity contribution in [2.24, 2.45) is 7.05 Å². The number of nitrogens with zero attached hydrogens (tertiary/aromatic N) is 3. The van der Waals surface area contributed by atoms with Crippen molar-refractivity contribution in [2.75, 3.05) is 5.32 Å². The molecular formula is C14H17BrN4O2. The standard InChI is InChI=1S/C14H17BrN4O2/c1-8(14-9(2)17-18(4)10(14)3)16-13-6-5-11(19(20)21)7-12(13)15/h5-8,16H,1-4H3. The molecule has 0 amide bonds. The molecule has 0 radical (unpaired) electrons. The van der Waals surface area contributed by atoms with E-state index >= 15 is 0 Å². The maximum absolute atomic E-state index is 10.8. The summed E-state index contributed by atoms with van der Waals surface area (Å²) in [5, 5.41) is 18.5. The molecule has 0 saturated heterocycles. The normalized spacial score (nSPS) is 12.2. The first-order valence-electron chi connectivity index (χ1n) is 6.51. The van der Waals surface area contributed by atoms with Gasteiger partial charge in [-0.05, 0) is 42.8 Å². The fourth-order valence-corrected chi connectivity index (χ4v) is 2.94. The highest BCUT2D eigenvalue weighted by Gasteiger charge is 2.17. The SMILES string of the molecule is Cc1nn(C)c(C)c1C(C)Nc1ccc([N+](=O)[O-])cc1Br. The van der Waals surface area contributed by atoms with E-state index in [0.717, 1.165) is 22.6 Å². The largest absolute Gasteiger partial charge is 0.377 e. The Morgan fingerprint density at radius 3 is 2.57 bits per heavy atom. The molecule has 0 aliphatic carbocycles. The zero-order valence-corrected chi connectivity index (χ0v) is 13.9. The first-order valence-corrected chi connectivity index (χ1v) is 7.31. The summed E-state index contributed by atoms with van der Waals surface area (Å²) in [7, 11) is 1.92. The van der Waals surface area contributed by atoms with Crippen molar-refractivity contribution in [3.8, 4) is 0 Å². The molecule has 1 aromatic carbocycles. The van der Waals surface area contributed by atoms with Gasteiger partial charge in [-0.3, -0.25) is 14.8 Å². The fourth-order valence-electron chi connectivity index (χ4n) is 2.46. The number of nitro benzene ring substituents is 1. The molecule has 21 heavy (non-hydrogen) atoms. The highest BCUT2D eigenvalue weighted by molar-refractivity contribution is 9.10. The lowest BCUT2D eigenvalue weighted by Gasteiger charge is -2.17. The summed E-state index contributed by atoms with van der Waals surface area (Å²) in [4.78, 5) is 10.3. The van der Waals surface area contributed by atoms with Gasteiger partial charge in [-0.2, -0.15) is 5.10 Å². The zero-order chi connectivity index (χ0) is 15.7. The van der Waals surface area contributed by atoms with Crippen molar-refractivity contribution < 1.29 is 4.92 Å². The monoisotopic (exact) mass is 352 g/mol. The van der Waals surface area contributed by atoms with Crippen molar-refractivity contribution in [3.63, 3.8) is 0 Å².